The molecule has 17 heavy (non-hydrogen) atoms. The molecule has 0 unspecified atom stereocenters. The van der Waals surface area contributed by atoms with Crippen molar-refractivity contribution in [2.45, 2.75) is 4.90 Å². The number of aliphatic hydroxyl groups excluding tert-OH is 2. The number of rotatable bonds is 3. The summed E-state index contributed by atoms with van der Waals surface area (Å²) in [7, 11) is 0. The molecule has 0 fully saturated rings. The van der Waals surface area contributed by atoms with Crippen LogP contribution < -0.4 is 4.72 Å². The average molecular weight is 253 g/mol. The molecule has 0 atom stereocenters. The number of hydrogen-bond donors (Lipinski definition) is 3. The summed E-state index contributed by atoms with van der Waals surface area (Å²) in [6.45, 7) is -0.340. The molecule has 0 saturated heterocycles. The molecule has 1 aliphatic rings. The summed E-state index contributed by atoms with van der Waals surface area (Å²) in [5.41, 5.74) is 0.592. The first-order valence-corrected chi connectivity index (χ1v) is 5.79. The van der Waals surface area contributed by atoms with Gasteiger partial charge in [-0.15, -0.1) is 0 Å². The van der Waals surface area contributed by atoms with Gasteiger partial charge < -0.3 is 19.7 Å². The van der Waals surface area contributed by atoms with E-state index in [4.69, 9.17) is 9.84 Å². The van der Waals surface area contributed by atoms with Gasteiger partial charge in [-0.25, -0.2) is 4.79 Å². The molecule has 0 amide bonds. The molecule has 0 aromatic heterocycles. The number of nitrogens with one attached hydrogen (secondary N) is 1. The Balaban J connectivity index is 2.28. The molecule has 6 heteroatoms. The van der Waals surface area contributed by atoms with Gasteiger partial charge in [0, 0.05) is 10.5 Å². The predicted octanol–water partition coefficient (Wildman–Crippen LogP) is 1.06. The van der Waals surface area contributed by atoms with Crippen molar-refractivity contribution in [3.8, 4) is 0 Å². The molecule has 1 heterocycles. The summed E-state index contributed by atoms with van der Waals surface area (Å²) in [4.78, 5) is 12.4. The molecular formula is C11H11NO4S. The van der Waals surface area contributed by atoms with E-state index in [-0.39, 0.29) is 24.7 Å². The zero-order valence-corrected chi connectivity index (χ0v) is 9.66. The lowest BCUT2D eigenvalue weighted by Crippen LogP contribution is -2.23. The van der Waals surface area contributed by atoms with Gasteiger partial charge in [-0.05, 0) is 24.1 Å². The van der Waals surface area contributed by atoms with Crippen LogP contribution in [-0.4, -0.2) is 29.4 Å². The van der Waals surface area contributed by atoms with E-state index in [1.54, 1.807) is 12.1 Å². The van der Waals surface area contributed by atoms with Crippen LogP contribution in [0.25, 0.3) is 5.76 Å². The Morgan fingerprint density at radius 1 is 1.41 bits per heavy atom. The number of carbonyl (C=O) groups excluding carboxylic acids is 1. The molecule has 1 aliphatic heterocycles. The number of fused-ring (bicyclic) bond motifs is 1. The van der Waals surface area contributed by atoms with Crippen LogP contribution >= 0.6 is 11.9 Å². The largest absolute Gasteiger partial charge is 0.505 e. The SMILES string of the molecule is O=C(OCCO)C1=C(O)c2ccccc2SN1. The van der Waals surface area contributed by atoms with Gasteiger partial charge in [-0.2, -0.15) is 0 Å². The fraction of sp³-hybridized carbons (Fsp3) is 0.182. The second-order valence-corrected chi connectivity index (χ2v) is 4.13. The molecule has 2 rings (SSSR count). The Kier molecular flexibility index (Phi) is 3.55. The Morgan fingerprint density at radius 2 is 2.18 bits per heavy atom. The Bertz CT molecular complexity index is 472. The first kappa shape index (κ1) is 11.8. The lowest BCUT2D eigenvalue weighted by Gasteiger charge is -2.19. The predicted molar refractivity (Wildman–Crippen MR) is 63.0 cm³/mol. The molecule has 1 aromatic carbocycles. The van der Waals surface area contributed by atoms with Crippen LogP contribution in [0.15, 0.2) is 34.9 Å². The Morgan fingerprint density at radius 3 is 2.94 bits per heavy atom. The number of aliphatic hydroxyl groups is 2. The van der Waals surface area contributed by atoms with Crippen LogP contribution in [0.1, 0.15) is 5.56 Å². The zero-order valence-electron chi connectivity index (χ0n) is 8.84. The van der Waals surface area contributed by atoms with Gasteiger partial charge in [0.25, 0.3) is 0 Å². The highest BCUT2D eigenvalue weighted by Crippen LogP contribution is 2.32. The second kappa shape index (κ2) is 5.11. The summed E-state index contributed by atoms with van der Waals surface area (Å²) in [6.07, 6.45) is 0. The van der Waals surface area contributed by atoms with E-state index in [9.17, 15) is 9.90 Å². The van der Waals surface area contributed by atoms with Crippen LogP contribution in [0, 0.1) is 0 Å². The lowest BCUT2D eigenvalue weighted by atomic mass is 10.1. The molecule has 0 aliphatic carbocycles. The highest BCUT2D eigenvalue weighted by atomic mass is 32.2. The summed E-state index contributed by atoms with van der Waals surface area (Å²) >= 11 is 1.23. The first-order chi connectivity index (χ1) is 8.24. The molecular weight excluding hydrogens is 242 g/mol. The topological polar surface area (TPSA) is 78.8 Å². The fourth-order valence-electron chi connectivity index (χ4n) is 1.39. The summed E-state index contributed by atoms with van der Waals surface area (Å²) in [5.74, 6) is -0.819. The van der Waals surface area contributed by atoms with Crippen molar-refractivity contribution in [1.29, 1.82) is 0 Å². The number of esters is 1. The van der Waals surface area contributed by atoms with Gasteiger partial charge in [0.1, 0.15) is 6.61 Å². The maximum Gasteiger partial charge on any atom is 0.359 e. The quantitative estimate of drug-likeness (QED) is 0.552. The maximum atomic E-state index is 11.6. The minimum atomic E-state index is -0.682. The van der Waals surface area contributed by atoms with E-state index in [1.807, 2.05) is 12.1 Å². The smallest absolute Gasteiger partial charge is 0.359 e. The van der Waals surface area contributed by atoms with Gasteiger partial charge in [-0.1, -0.05) is 12.1 Å². The second-order valence-electron chi connectivity index (χ2n) is 3.28. The summed E-state index contributed by atoms with van der Waals surface area (Å²) in [6, 6.07) is 7.17. The molecule has 0 radical (unpaired) electrons. The Labute approximate surface area is 102 Å². The van der Waals surface area contributed by atoms with Crippen molar-refractivity contribution < 1.29 is 19.7 Å². The highest BCUT2D eigenvalue weighted by molar-refractivity contribution is 7.97. The summed E-state index contributed by atoms with van der Waals surface area (Å²) < 4.78 is 7.46. The van der Waals surface area contributed by atoms with Crippen LogP contribution in [0.3, 0.4) is 0 Å². The van der Waals surface area contributed by atoms with Crippen LogP contribution in [0.5, 0.6) is 0 Å². The Hall–Kier alpha value is -1.66. The van der Waals surface area contributed by atoms with Crippen molar-refractivity contribution >= 4 is 23.7 Å². The number of hydrogen-bond acceptors (Lipinski definition) is 6. The van der Waals surface area contributed by atoms with Gasteiger partial charge in [0.05, 0.1) is 6.61 Å². The molecule has 0 saturated carbocycles. The van der Waals surface area contributed by atoms with Crippen molar-refractivity contribution in [2.24, 2.45) is 0 Å². The fourth-order valence-corrected chi connectivity index (χ4v) is 2.20. The third kappa shape index (κ3) is 2.37. The van der Waals surface area contributed by atoms with Crippen LogP contribution in [0.4, 0.5) is 0 Å². The van der Waals surface area contributed by atoms with Gasteiger partial charge in [0.2, 0.25) is 0 Å². The maximum absolute atomic E-state index is 11.6. The van der Waals surface area contributed by atoms with E-state index in [1.165, 1.54) is 11.9 Å². The highest BCUT2D eigenvalue weighted by Gasteiger charge is 2.24. The van der Waals surface area contributed by atoms with E-state index in [2.05, 4.69) is 4.72 Å². The molecule has 90 valence electrons. The van der Waals surface area contributed by atoms with Gasteiger partial charge in [-0.3, -0.25) is 0 Å². The van der Waals surface area contributed by atoms with Crippen molar-refractivity contribution in [3.63, 3.8) is 0 Å². The van der Waals surface area contributed by atoms with Crippen molar-refractivity contribution in [3.05, 3.63) is 35.5 Å². The average Bonchev–Trinajstić information content (AvgIpc) is 2.37. The minimum Gasteiger partial charge on any atom is -0.505 e. The summed E-state index contributed by atoms with van der Waals surface area (Å²) in [5, 5.41) is 18.5. The third-order valence-corrected chi connectivity index (χ3v) is 3.05. The van der Waals surface area contributed by atoms with Crippen LogP contribution in [0.2, 0.25) is 0 Å². The van der Waals surface area contributed by atoms with Crippen molar-refractivity contribution in [1.82, 2.24) is 4.72 Å². The standard InChI is InChI=1S/C11H11NO4S/c13-5-6-16-11(15)9-10(14)7-3-1-2-4-8(7)17-12-9/h1-4,12-14H,5-6H2. The molecule has 1 aromatic rings. The molecule has 3 N–H and O–H groups in total. The lowest BCUT2D eigenvalue weighted by molar-refractivity contribution is -0.140. The van der Waals surface area contributed by atoms with Gasteiger partial charge in [0.15, 0.2) is 11.5 Å². The van der Waals surface area contributed by atoms with E-state index >= 15 is 0 Å². The molecule has 0 bridgehead atoms. The molecule has 5 nitrogen and oxygen atoms in total. The van der Waals surface area contributed by atoms with Crippen LogP contribution in [-0.2, 0) is 9.53 Å². The van der Waals surface area contributed by atoms with E-state index < -0.39 is 5.97 Å². The monoisotopic (exact) mass is 253 g/mol. The normalized spacial score (nSPS) is 13.9. The molecule has 0 spiro atoms. The third-order valence-electron chi connectivity index (χ3n) is 2.17. The number of carbonyl (C=O) groups is 1. The van der Waals surface area contributed by atoms with E-state index in [0.29, 0.717) is 5.56 Å². The van der Waals surface area contributed by atoms with E-state index in [0.717, 1.165) is 4.90 Å². The first-order valence-electron chi connectivity index (χ1n) is 4.97. The zero-order chi connectivity index (χ0) is 12.3. The minimum absolute atomic E-state index is 0.00199. The van der Waals surface area contributed by atoms with Gasteiger partial charge >= 0.3 is 5.97 Å². The number of ether oxygens (including phenoxy) is 1. The number of benzene rings is 1. The van der Waals surface area contributed by atoms with Crippen molar-refractivity contribution in [2.75, 3.05) is 13.2 Å².